The largest absolute Gasteiger partial charge is 0.372 e. The molecule has 0 N–H and O–H groups in total. The molecule has 3 rings (SSSR count). The van der Waals surface area contributed by atoms with E-state index >= 15 is 0 Å². The number of carbonyl (C=O) groups is 1. The van der Waals surface area contributed by atoms with Crippen LogP contribution in [0.1, 0.15) is 24.2 Å². The molecule has 2 aromatic carbocycles. The Labute approximate surface area is 182 Å². The van der Waals surface area contributed by atoms with E-state index in [1.807, 2.05) is 13.8 Å². The molecule has 0 radical (unpaired) electrons. The quantitative estimate of drug-likeness (QED) is 0.627. The van der Waals surface area contributed by atoms with E-state index < -0.39 is 10.0 Å². The second-order valence-corrected chi connectivity index (χ2v) is 9.51. The van der Waals surface area contributed by atoms with Gasteiger partial charge in [0.2, 0.25) is 0 Å². The molecule has 1 fully saturated rings. The molecule has 1 heterocycles. The zero-order chi connectivity index (χ0) is 21.9. The number of carbonyl (C=O) groups excluding carboxylic acids is 1. The highest BCUT2D eigenvalue weighted by Crippen LogP contribution is 2.30. The number of rotatable bonds is 6. The van der Waals surface area contributed by atoms with E-state index in [1.165, 1.54) is 22.5 Å². The lowest BCUT2D eigenvalue weighted by molar-refractivity contribution is -0.0586. The SMILES string of the molecule is C=CCN(c1ccccc1)S(=O)(=O)c1cc(C(=O)N2CC(C)OC(C)C2)ccc1Cl. The molecule has 2 atom stereocenters. The van der Waals surface area contributed by atoms with Crippen LogP contribution in [0.5, 0.6) is 0 Å². The number of para-hydroxylation sites is 1. The number of morpholine rings is 1. The Hall–Kier alpha value is -2.35. The van der Waals surface area contributed by atoms with Crippen molar-refractivity contribution < 1.29 is 17.9 Å². The highest BCUT2D eigenvalue weighted by Gasteiger charge is 2.30. The number of anilines is 1. The monoisotopic (exact) mass is 448 g/mol. The molecule has 0 spiro atoms. The summed E-state index contributed by atoms with van der Waals surface area (Å²) in [5.74, 6) is -0.250. The normalized spacial score (nSPS) is 19.4. The number of ether oxygens (including phenoxy) is 1. The zero-order valence-electron chi connectivity index (χ0n) is 17.0. The Kier molecular flexibility index (Phi) is 6.85. The summed E-state index contributed by atoms with van der Waals surface area (Å²) in [7, 11) is -4.02. The second-order valence-electron chi connectivity index (χ2n) is 7.27. The lowest BCUT2D eigenvalue weighted by Crippen LogP contribution is -2.48. The fraction of sp³-hybridized carbons (Fsp3) is 0.318. The summed E-state index contributed by atoms with van der Waals surface area (Å²) in [6, 6.07) is 13.1. The Morgan fingerprint density at radius 3 is 2.43 bits per heavy atom. The van der Waals surface area contributed by atoms with Crippen molar-refractivity contribution in [1.29, 1.82) is 0 Å². The molecule has 30 heavy (non-hydrogen) atoms. The third-order valence-electron chi connectivity index (χ3n) is 4.79. The van der Waals surface area contributed by atoms with Gasteiger partial charge in [-0.25, -0.2) is 8.42 Å². The summed E-state index contributed by atoms with van der Waals surface area (Å²) in [6.07, 6.45) is 1.33. The van der Waals surface area contributed by atoms with Crippen molar-refractivity contribution in [3.05, 3.63) is 71.8 Å². The van der Waals surface area contributed by atoms with Gasteiger partial charge >= 0.3 is 0 Å². The lowest BCUT2D eigenvalue weighted by atomic mass is 10.1. The minimum atomic E-state index is -4.02. The van der Waals surface area contributed by atoms with Crippen LogP contribution in [0.2, 0.25) is 5.02 Å². The molecule has 2 aromatic rings. The molecule has 0 saturated carbocycles. The number of benzene rings is 2. The Morgan fingerprint density at radius 1 is 1.20 bits per heavy atom. The molecular weight excluding hydrogens is 424 g/mol. The van der Waals surface area contributed by atoms with E-state index in [-0.39, 0.29) is 40.1 Å². The van der Waals surface area contributed by atoms with Gasteiger partial charge in [-0.3, -0.25) is 9.10 Å². The first kappa shape index (κ1) is 22.3. The van der Waals surface area contributed by atoms with Gasteiger partial charge in [0, 0.05) is 18.7 Å². The summed E-state index contributed by atoms with van der Waals surface area (Å²) in [6.45, 7) is 8.43. The van der Waals surface area contributed by atoms with Gasteiger partial charge in [0.15, 0.2) is 0 Å². The molecule has 0 aromatic heterocycles. The van der Waals surface area contributed by atoms with Gasteiger partial charge in [-0.15, -0.1) is 6.58 Å². The fourth-order valence-corrected chi connectivity index (χ4v) is 5.47. The van der Waals surface area contributed by atoms with Gasteiger partial charge in [0.1, 0.15) is 4.90 Å². The molecule has 1 aliphatic rings. The average Bonchev–Trinajstić information content (AvgIpc) is 2.71. The first-order valence-electron chi connectivity index (χ1n) is 9.67. The maximum absolute atomic E-state index is 13.4. The minimum absolute atomic E-state index is 0.0558. The molecule has 0 aliphatic carbocycles. The molecule has 1 amide bonds. The van der Waals surface area contributed by atoms with E-state index in [1.54, 1.807) is 41.3 Å². The summed E-state index contributed by atoms with van der Waals surface area (Å²) in [5.41, 5.74) is 0.756. The molecule has 1 aliphatic heterocycles. The molecule has 160 valence electrons. The third kappa shape index (κ3) is 4.69. The van der Waals surface area contributed by atoms with E-state index in [0.717, 1.165) is 0 Å². The fourth-order valence-electron chi connectivity index (χ4n) is 3.53. The van der Waals surface area contributed by atoms with Crippen LogP contribution >= 0.6 is 11.6 Å². The predicted octanol–water partition coefficient (Wildman–Crippen LogP) is 3.97. The van der Waals surface area contributed by atoms with Crippen molar-refractivity contribution in [2.45, 2.75) is 31.0 Å². The number of hydrogen-bond acceptors (Lipinski definition) is 4. The molecular formula is C22H25ClN2O4S. The van der Waals surface area contributed by atoms with E-state index in [9.17, 15) is 13.2 Å². The van der Waals surface area contributed by atoms with Crippen LogP contribution in [0, 0.1) is 0 Å². The van der Waals surface area contributed by atoms with E-state index in [0.29, 0.717) is 18.8 Å². The van der Waals surface area contributed by atoms with Crippen molar-refractivity contribution in [2.24, 2.45) is 0 Å². The first-order valence-corrected chi connectivity index (χ1v) is 11.5. The number of amides is 1. The van der Waals surface area contributed by atoms with Gasteiger partial charge in [-0.2, -0.15) is 0 Å². The number of hydrogen-bond donors (Lipinski definition) is 0. The van der Waals surface area contributed by atoms with Gasteiger partial charge in [0.25, 0.3) is 15.9 Å². The van der Waals surface area contributed by atoms with Gasteiger partial charge in [-0.05, 0) is 44.2 Å². The van der Waals surface area contributed by atoms with Crippen LogP contribution in [0.3, 0.4) is 0 Å². The van der Waals surface area contributed by atoms with Crippen molar-refractivity contribution in [3.63, 3.8) is 0 Å². The third-order valence-corrected chi connectivity index (χ3v) is 7.07. The van der Waals surface area contributed by atoms with Crippen LogP contribution in [-0.2, 0) is 14.8 Å². The van der Waals surface area contributed by atoms with Crippen molar-refractivity contribution >= 4 is 33.2 Å². The summed E-state index contributed by atoms with van der Waals surface area (Å²) >= 11 is 6.27. The highest BCUT2D eigenvalue weighted by molar-refractivity contribution is 7.93. The average molecular weight is 449 g/mol. The predicted molar refractivity (Wildman–Crippen MR) is 119 cm³/mol. The highest BCUT2D eigenvalue weighted by atomic mass is 35.5. The standard InChI is InChI=1S/C22H25ClN2O4S/c1-4-12-25(19-8-6-5-7-9-19)30(27,28)21-13-18(10-11-20(21)23)22(26)24-14-16(2)29-17(3)15-24/h4-11,13,16-17H,1,12,14-15H2,2-3H3. The van der Waals surface area contributed by atoms with Crippen LogP contribution in [0.15, 0.2) is 66.1 Å². The number of halogens is 1. The van der Waals surface area contributed by atoms with E-state index in [4.69, 9.17) is 16.3 Å². The smallest absolute Gasteiger partial charge is 0.266 e. The topological polar surface area (TPSA) is 66.9 Å². The van der Waals surface area contributed by atoms with Crippen LogP contribution in [0.25, 0.3) is 0 Å². The lowest BCUT2D eigenvalue weighted by Gasteiger charge is -2.35. The maximum Gasteiger partial charge on any atom is 0.266 e. The summed E-state index contributed by atoms with van der Waals surface area (Å²) in [5, 5.41) is 0.0558. The second kappa shape index (κ2) is 9.20. The van der Waals surface area contributed by atoms with Crippen LogP contribution in [0.4, 0.5) is 5.69 Å². The molecule has 1 saturated heterocycles. The van der Waals surface area contributed by atoms with Crippen molar-refractivity contribution in [3.8, 4) is 0 Å². The van der Waals surface area contributed by atoms with Gasteiger partial charge in [-0.1, -0.05) is 35.9 Å². The molecule has 0 bridgehead atoms. The zero-order valence-corrected chi connectivity index (χ0v) is 18.6. The van der Waals surface area contributed by atoms with Gasteiger partial charge < -0.3 is 9.64 Å². The Balaban J connectivity index is 1.99. The van der Waals surface area contributed by atoms with Crippen molar-refractivity contribution in [2.75, 3.05) is 23.9 Å². The van der Waals surface area contributed by atoms with Crippen LogP contribution in [-0.4, -0.2) is 51.1 Å². The van der Waals surface area contributed by atoms with Crippen molar-refractivity contribution in [1.82, 2.24) is 4.90 Å². The molecule has 2 unspecified atom stereocenters. The van der Waals surface area contributed by atoms with Crippen LogP contribution < -0.4 is 4.31 Å². The molecule has 6 nitrogen and oxygen atoms in total. The summed E-state index contributed by atoms with van der Waals surface area (Å²) in [4.78, 5) is 14.6. The Morgan fingerprint density at radius 2 is 1.83 bits per heavy atom. The van der Waals surface area contributed by atoms with E-state index in [2.05, 4.69) is 6.58 Å². The Bertz CT molecular complexity index is 1020. The maximum atomic E-state index is 13.4. The first-order chi connectivity index (χ1) is 14.2. The minimum Gasteiger partial charge on any atom is -0.372 e. The molecule has 8 heteroatoms. The number of sulfonamides is 1. The summed E-state index contributed by atoms with van der Waals surface area (Å²) < 4.78 is 33.8. The van der Waals surface area contributed by atoms with Gasteiger partial charge in [0.05, 0.1) is 29.5 Å². The number of nitrogens with zero attached hydrogens (tertiary/aromatic N) is 2.